The maximum atomic E-state index is 11.8. The zero-order chi connectivity index (χ0) is 15.8. The molecule has 1 atom stereocenters. The van der Waals surface area contributed by atoms with Crippen molar-refractivity contribution in [3.63, 3.8) is 0 Å². The first-order valence-electron chi connectivity index (χ1n) is 6.40. The first-order valence-corrected chi connectivity index (χ1v) is 6.40. The number of carboxylic acids is 2. The van der Waals surface area contributed by atoms with Crippen LogP contribution in [0.15, 0.2) is 24.3 Å². The Morgan fingerprint density at radius 3 is 2.24 bits per heavy atom. The van der Waals surface area contributed by atoms with Gasteiger partial charge in [-0.15, -0.1) is 0 Å². The van der Waals surface area contributed by atoms with Crippen molar-refractivity contribution in [2.45, 2.75) is 31.7 Å². The summed E-state index contributed by atoms with van der Waals surface area (Å²) in [7, 11) is 0. The van der Waals surface area contributed by atoms with E-state index in [9.17, 15) is 14.4 Å². The summed E-state index contributed by atoms with van der Waals surface area (Å²) in [4.78, 5) is 33.2. The molecule has 0 aliphatic rings. The molecule has 1 aromatic rings. The molecule has 4 N–H and O–H groups in total. The molecule has 21 heavy (non-hydrogen) atoms. The van der Waals surface area contributed by atoms with Crippen molar-refractivity contribution < 1.29 is 29.7 Å². The highest BCUT2D eigenvalue weighted by Gasteiger charge is 2.19. The molecular formula is C14H17NO6. The van der Waals surface area contributed by atoms with E-state index in [0.29, 0.717) is 5.56 Å². The van der Waals surface area contributed by atoms with Crippen LogP contribution < -0.4 is 5.32 Å². The van der Waals surface area contributed by atoms with Crippen molar-refractivity contribution in [1.29, 1.82) is 0 Å². The van der Waals surface area contributed by atoms with Gasteiger partial charge >= 0.3 is 11.9 Å². The van der Waals surface area contributed by atoms with Gasteiger partial charge in [-0.2, -0.15) is 0 Å². The molecule has 0 aliphatic carbocycles. The van der Waals surface area contributed by atoms with E-state index in [1.165, 1.54) is 12.1 Å². The average molecular weight is 295 g/mol. The zero-order valence-corrected chi connectivity index (χ0v) is 11.3. The molecule has 0 saturated carbocycles. The van der Waals surface area contributed by atoms with E-state index in [-0.39, 0.29) is 31.4 Å². The average Bonchev–Trinajstić information content (AvgIpc) is 2.39. The van der Waals surface area contributed by atoms with Crippen LogP contribution in [-0.2, 0) is 20.8 Å². The molecule has 7 heteroatoms. The molecule has 0 unspecified atom stereocenters. The summed E-state index contributed by atoms with van der Waals surface area (Å²) in [5.41, 5.74) is 0.639. The summed E-state index contributed by atoms with van der Waals surface area (Å²) in [6.07, 6.45) is 0.0787. The van der Waals surface area contributed by atoms with E-state index in [1.807, 2.05) is 0 Å². The van der Waals surface area contributed by atoms with Gasteiger partial charge in [0, 0.05) is 6.42 Å². The standard InChI is InChI=1S/C14H17NO6/c16-10-6-4-9(5-7-10)8-12(17)15-11(14(20)21)2-1-3-13(18)19/h4-7,11,16H,1-3,8H2,(H,15,17)(H,18,19)(H,20,21)/t11-/m1/s1. The lowest BCUT2D eigenvalue weighted by Crippen LogP contribution is -2.41. The van der Waals surface area contributed by atoms with Crippen molar-refractivity contribution in [1.82, 2.24) is 5.32 Å². The highest BCUT2D eigenvalue weighted by molar-refractivity contribution is 5.84. The molecule has 0 aliphatic heterocycles. The van der Waals surface area contributed by atoms with Gasteiger partial charge in [-0.25, -0.2) is 4.79 Å². The molecule has 0 saturated heterocycles. The largest absolute Gasteiger partial charge is 0.508 e. The van der Waals surface area contributed by atoms with Crippen LogP contribution in [0.2, 0.25) is 0 Å². The Balaban J connectivity index is 2.50. The lowest BCUT2D eigenvalue weighted by atomic mass is 10.1. The minimum absolute atomic E-state index is 0.0109. The highest BCUT2D eigenvalue weighted by Crippen LogP contribution is 2.10. The predicted molar refractivity (Wildman–Crippen MR) is 72.9 cm³/mol. The van der Waals surface area contributed by atoms with Gasteiger partial charge in [-0.1, -0.05) is 12.1 Å². The van der Waals surface area contributed by atoms with Crippen LogP contribution in [-0.4, -0.2) is 39.2 Å². The fourth-order valence-corrected chi connectivity index (χ4v) is 1.76. The number of carboxylic acid groups (broad SMARTS) is 2. The minimum Gasteiger partial charge on any atom is -0.508 e. The number of hydrogen-bond acceptors (Lipinski definition) is 4. The second kappa shape index (κ2) is 7.88. The Morgan fingerprint density at radius 2 is 1.71 bits per heavy atom. The molecule has 7 nitrogen and oxygen atoms in total. The van der Waals surface area contributed by atoms with Crippen LogP contribution in [0.4, 0.5) is 0 Å². The van der Waals surface area contributed by atoms with Gasteiger partial charge < -0.3 is 20.6 Å². The molecule has 0 aromatic heterocycles. The number of phenols is 1. The number of aromatic hydroxyl groups is 1. The molecule has 0 radical (unpaired) electrons. The van der Waals surface area contributed by atoms with Crippen LogP contribution >= 0.6 is 0 Å². The summed E-state index contributed by atoms with van der Waals surface area (Å²) >= 11 is 0. The minimum atomic E-state index is -1.19. The number of aliphatic carboxylic acids is 2. The zero-order valence-electron chi connectivity index (χ0n) is 11.3. The Hall–Kier alpha value is -2.57. The monoisotopic (exact) mass is 295 g/mol. The number of phenolic OH excluding ortho intramolecular Hbond substituents is 1. The van der Waals surface area contributed by atoms with Crippen molar-refractivity contribution in [3.8, 4) is 5.75 Å². The summed E-state index contributed by atoms with van der Waals surface area (Å²) in [6, 6.07) is 4.90. The number of amides is 1. The van der Waals surface area contributed by atoms with E-state index < -0.39 is 23.9 Å². The van der Waals surface area contributed by atoms with E-state index in [4.69, 9.17) is 15.3 Å². The van der Waals surface area contributed by atoms with E-state index >= 15 is 0 Å². The van der Waals surface area contributed by atoms with Gasteiger partial charge in [0.1, 0.15) is 11.8 Å². The number of hydrogen-bond donors (Lipinski definition) is 4. The van der Waals surface area contributed by atoms with Crippen molar-refractivity contribution >= 4 is 17.8 Å². The lowest BCUT2D eigenvalue weighted by Gasteiger charge is -2.14. The molecule has 0 spiro atoms. The topological polar surface area (TPSA) is 124 Å². The quantitative estimate of drug-likeness (QED) is 0.561. The van der Waals surface area contributed by atoms with Crippen molar-refractivity contribution in [2.75, 3.05) is 0 Å². The Kier molecular flexibility index (Phi) is 6.19. The van der Waals surface area contributed by atoms with Gasteiger partial charge in [-0.3, -0.25) is 9.59 Å². The lowest BCUT2D eigenvalue weighted by molar-refractivity contribution is -0.142. The van der Waals surface area contributed by atoms with Crippen LogP contribution in [0, 0.1) is 0 Å². The van der Waals surface area contributed by atoms with E-state index in [1.54, 1.807) is 12.1 Å². The smallest absolute Gasteiger partial charge is 0.326 e. The number of carbonyl (C=O) groups excluding carboxylic acids is 1. The maximum Gasteiger partial charge on any atom is 0.326 e. The first kappa shape index (κ1) is 16.5. The van der Waals surface area contributed by atoms with Gasteiger partial charge in [0.05, 0.1) is 6.42 Å². The van der Waals surface area contributed by atoms with Crippen LogP contribution in [0.25, 0.3) is 0 Å². The van der Waals surface area contributed by atoms with E-state index in [2.05, 4.69) is 5.32 Å². The van der Waals surface area contributed by atoms with Crippen molar-refractivity contribution in [2.24, 2.45) is 0 Å². The Bertz CT molecular complexity index is 511. The van der Waals surface area contributed by atoms with Gasteiger partial charge in [-0.05, 0) is 30.5 Å². The van der Waals surface area contributed by atoms with Crippen LogP contribution in [0.5, 0.6) is 5.75 Å². The summed E-state index contributed by atoms with van der Waals surface area (Å²) in [6.45, 7) is 0. The Labute approximate surface area is 121 Å². The molecule has 0 fully saturated rings. The second-order valence-corrected chi connectivity index (χ2v) is 4.59. The van der Waals surface area contributed by atoms with Crippen LogP contribution in [0.1, 0.15) is 24.8 Å². The van der Waals surface area contributed by atoms with E-state index in [0.717, 1.165) is 0 Å². The fourth-order valence-electron chi connectivity index (χ4n) is 1.76. The molecule has 0 heterocycles. The molecule has 1 rings (SSSR count). The first-order chi connectivity index (χ1) is 9.88. The summed E-state index contributed by atoms with van der Waals surface area (Å²) < 4.78 is 0. The predicted octanol–water partition coefficient (Wildman–Crippen LogP) is 0.759. The summed E-state index contributed by atoms with van der Waals surface area (Å²) in [5.74, 6) is -2.59. The number of benzene rings is 1. The second-order valence-electron chi connectivity index (χ2n) is 4.59. The number of nitrogens with one attached hydrogen (secondary N) is 1. The SMILES string of the molecule is O=C(O)CCC[C@@H](NC(=O)Cc1ccc(O)cc1)C(=O)O. The molecular weight excluding hydrogens is 278 g/mol. The molecule has 1 aromatic carbocycles. The molecule has 1 amide bonds. The number of rotatable bonds is 8. The third-order valence-corrected chi connectivity index (χ3v) is 2.82. The highest BCUT2D eigenvalue weighted by atomic mass is 16.4. The maximum absolute atomic E-state index is 11.8. The normalized spacial score (nSPS) is 11.6. The molecule has 0 bridgehead atoms. The third kappa shape index (κ3) is 6.42. The van der Waals surface area contributed by atoms with Crippen LogP contribution in [0.3, 0.4) is 0 Å². The third-order valence-electron chi connectivity index (χ3n) is 2.82. The van der Waals surface area contributed by atoms with Gasteiger partial charge in [0.25, 0.3) is 0 Å². The van der Waals surface area contributed by atoms with Gasteiger partial charge in [0.2, 0.25) is 5.91 Å². The molecule has 114 valence electrons. The van der Waals surface area contributed by atoms with Crippen molar-refractivity contribution in [3.05, 3.63) is 29.8 Å². The number of carbonyl (C=O) groups is 3. The summed E-state index contributed by atoms with van der Waals surface area (Å²) in [5, 5.41) is 29.0. The fraction of sp³-hybridized carbons (Fsp3) is 0.357. The van der Waals surface area contributed by atoms with Gasteiger partial charge in [0.15, 0.2) is 0 Å². The Morgan fingerprint density at radius 1 is 1.10 bits per heavy atom.